The third-order valence-corrected chi connectivity index (χ3v) is 6.37. The van der Waals surface area contributed by atoms with Crippen LogP contribution in [0, 0.1) is 17.3 Å². The summed E-state index contributed by atoms with van der Waals surface area (Å²) in [7, 11) is 0. The summed E-state index contributed by atoms with van der Waals surface area (Å²) in [6.45, 7) is 27.6. The average Bonchev–Trinajstić information content (AvgIpc) is 2.62. The molecular formula is C24H51N3O. The number of ether oxygens (including phenoxy) is 1. The summed E-state index contributed by atoms with van der Waals surface area (Å²) in [6.07, 6.45) is 4.54. The molecule has 0 unspecified atom stereocenters. The summed E-state index contributed by atoms with van der Waals surface area (Å²) < 4.78 is 5.48. The van der Waals surface area contributed by atoms with E-state index in [1.165, 1.54) is 45.4 Å². The quantitative estimate of drug-likeness (QED) is 0.653. The topological polar surface area (TPSA) is 27.7 Å². The van der Waals surface area contributed by atoms with E-state index < -0.39 is 0 Å². The fourth-order valence-electron chi connectivity index (χ4n) is 4.77. The van der Waals surface area contributed by atoms with Gasteiger partial charge >= 0.3 is 0 Å². The fraction of sp³-hybridized carbons (Fsp3) is 1.00. The zero-order valence-corrected chi connectivity index (χ0v) is 20.4. The first-order chi connectivity index (χ1) is 13.1. The van der Waals surface area contributed by atoms with Crippen LogP contribution in [0.1, 0.15) is 74.7 Å². The Morgan fingerprint density at radius 2 is 1.50 bits per heavy atom. The molecule has 0 saturated carbocycles. The van der Waals surface area contributed by atoms with Gasteiger partial charge in [-0.05, 0) is 77.3 Å². The predicted octanol–water partition coefficient (Wildman–Crippen LogP) is 4.50. The van der Waals surface area contributed by atoms with Gasteiger partial charge in [-0.1, -0.05) is 27.7 Å². The summed E-state index contributed by atoms with van der Waals surface area (Å²) in [5.41, 5.74) is 0.539. The van der Waals surface area contributed by atoms with Crippen molar-refractivity contribution in [1.29, 1.82) is 0 Å². The maximum absolute atomic E-state index is 5.48. The number of rotatable bonds is 8. The number of piperidine rings is 1. The number of nitrogens with one attached hydrogen (secondary N) is 1. The van der Waals surface area contributed by atoms with Gasteiger partial charge in [-0.2, -0.15) is 0 Å². The summed E-state index contributed by atoms with van der Waals surface area (Å²) in [6, 6.07) is 0.731. The van der Waals surface area contributed by atoms with Crippen molar-refractivity contribution in [2.24, 2.45) is 17.3 Å². The molecular weight excluding hydrogens is 346 g/mol. The molecule has 0 bridgehead atoms. The number of hydrogen-bond acceptors (Lipinski definition) is 4. The second kappa shape index (κ2) is 13.2. The molecule has 2 aliphatic heterocycles. The third kappa shape index (κ3) is 10.6. The Morgan fingerprint density at radius 3 is 1.96 bits per heavy atom. The third-order valence-electron chi connectivity index (χ3n) is 6.37. The molecule has 0 spiro atoms. The van der Waals surface area contributed by atoms with Crippen LogP contribution in [0.25, 0.3) is 0 Å². The Bertz CT molecular complexity index is 381. The van der Waals surface area contributed by atoms with Gasteiger partial charge in [0.2, 0.25) is 0 Å². The van der Waals surface area contributed by atoms with Gasteiger partial charge in [-0.15, -0.1) is 0 Å². The molecule has 0 amide bonds. The Hall–Kier alpha value is -0.160. The van der Waals surface area contributed by atoms with Crippen LogP contribution in [0.2, 0.25) is 0 Å². The fourth-order valence-corrected chi connectivity index (χ4v) is 4.77. The molecule has 0 aliphatic carbocycles. The van der Waals surface area contributed by atoms with Gasteiger partial charge in [0.1, 0.15) is 0 Å². The lowest BCUT2D eigenvalue weighted by Crippen LogP contribution is -2.44. The van der Waals surface area contributed by atoms with Crippen molar-refractivity contribution >= 4 is 0 Å². The lowest BCUT2D eigenvalue weighted by atomic mass is 9.69. The van der Waals surface area contributed by atoms with Crippen molar-refractivity contribution < 1.29 is 4.74 Å². The number of nitrogens with zero attached hydrogens (tertiary/aromatic N) is 2. The van der Waals surface area contributed by atoms with Gasteiger partial charge in [0.25, 0.3) is 0 Å². The number of piperazine rings is 1. The van der Waals surface area contributed by atoms with Crippen molar-refractivity contribution in [3.63, 3.8) is 0 Å². The van der Waals surface area contributed by atoms with Crippen LogP contribution in [-0.4, -0.2) is 74.4 Å². The van der Waals surface area contributed by atoms with Crippen LogP contribution in [0.3, 0.4) is 0 Å². The molecule has 2 aliphatic rings. The average molecular weight is 398 g/mol. The van der Waals surface area contributed by atoms with E-state index in [-0.39, 0.29) is 0 Å². The highest BCUT2D eigenvalue weighted by atomic mass is 16.5. The molecule has 2 saturated heterocycles. The normalized spacial score (nSPS) is 20.7. The van der Waals surface area contributed by atoms with E-state index in [0.29, 0.717) is 11.5 Å². The minimum atomic E-state index is 0.368. The first-order valence-corrected chi connectivity index (χ1v) is 11.9. The smallest absolute Gasteiger partial charge is 0.0596 e. The number of likely N-dealkylation sites (tertiary alicyclic amines) is 1. The molecule has 0 aromatic rings. The van der Waals surface area contributed by atoms with Gasteiger partial charge in [-0.3, -0.25) is 4.90 Å². The van der Waals surface area contributed by atoms with Crippen LogP contribution in [0.15, 0.2) is 0 Å². The van der Waals surface area contributed by atoms with E-state index in [2.05, 4.69) is 70.5 Å². The standard InChI is InChI=1S/C15H31N.C9H20N2O/c1-12(2)11-15(5,6)14-7-9-16(10-8-14)13(3)4;1-9(2)12-8-7-11-5-3-10-4-6-11/h12-14H,7-11H2,1-6H3;9-10H,3-8H2,1-2H3. The van der Waals surface area contributed by atoms with Crippen molar-refractivity contribution in [3.8, 4) is 0 Å². The van der Waals surface area contributed by atoms with Crippen LogP contribution in [-0.2, 0) is 4.74 Å². The Morgan fingerprint density at radius 1 is 0.929 bits per heavy atom. The van der Waals surface area contributed by atoms with Crippen molar-refractivity contribution in [1.82, 2.24) is 15.1 Å². The summed E-state index contributed by atoms with van der Waals surface area (Å²) in [5.74, 6) is 1.77. The molecule has 2 fully saturated rings. The minimum Gasteiger partial charge on any atom is -0.377 e. The highest BCUT2D eigenvalue weighted by Crippen LogP contribution is 2.40. The molecule has 2 rings (SSSR count). The zero-order valence-electron chi connectivity index (χ0n) is 20.4. The molecule has 0 aromatic carbocycles. The lowest BCUT2D eigenvalue weighted by Gasteiger charge is -2.42. The first-order valence-electron chi connectivity index (χ1n) is 11.9. The predicted molar refractivity (Wildman–Crippen MR) is 123 cm³/mol. The largest absolute Gasteiger partial charge is 0.377 e. The van der Waals surface area contributed by atoms with Crippen LogP contribution in [0.5, 0.6) is 0 Å². The summed E-state index contributed by atoms with van der Waals surface area (Å²) >= 11 is 0. The van der Waals surface area contributed by atoms with E-state index in [4.69, 9.17) is 4.74 Å². The van der Waals surface area contributed by atoms with E-state index >= 15 is 0 Å². The van der Waals surface area contributed by atoms with Crippen molar-refractivity contribution in [2.75, 3.05) is 52.4 Å². The van der Waals surface area contributed by atoms with Crippen LogP contribution >= 0.6 is 0 Å². The maximum atomic E-state index is 5.48. The summed E-state index contributed by atoms with van der Waals surface area (Å²) in [4.78, 5) is 5.07. The second-order valence-corrected chi connectivity index (χ2v) is 10.5. The van der Waals surface area contributed by atoms with Crippen molar-refractivity contribution in [3.05, 3.63) is 0 Å². The molecule has 0 radical (unpaired) electrons. The van der Waals surface area contributed by atoms with E-state index in [1.807, 2.05) is 0 Å². The molecule has 0 atom stereocenters. The lowest BCUT2D eigenvalue weighted by molar-refractivity contribution is 0.0566. The molecule has 28 heavy (non-hydrogen) atoms. The van der Waals surface area contributed by atoms with Gasteiger partial charge in [0.15, 0.2) is 0 Å². The Kier molecular flexibility index (Phi) is 12.2. The molecule has 4 heteroatoms. The molecule has 0 aromatic heterocycles. The molecule has 168 valence electrons. The van der Waals surface area contributed by atoms with Gasteiger partial charge in [-0.25, -0.2) is 0 Å². The monoisotopic (exact) mass is 397 g/mol. The maximum Gasteiger partial charge on any atom is 0.0596 e. The SMILES string of the molecule is CC(C)CC(C)(C)C1CCN(C(C)C)CC1.CC(C)OCCN1CCNCC1. The Labute approximate surface area is 176 Å². The van der Waals surface area contributed by atoms with Crippen LogP contribution in [0.4, 0.5) is 0 Å². The van der Waals surface area contributed by atoms with Gasteiger partial charge in [0.05, 0.1) is 12.7 Å². The van der Waals surface area contributed by atoms with E-state index in [1.54, 1.807) is 0 Å². The van der Waals surface area contributed by atoms with Gasteiger partial charge in [0, 0.05) is 38.8 Å². The summed E-state index contributed by atoms with van der Waals surface area (Å²) in [5, 5.41) is 3.33. The zero-order chi connectivity index (χ0) is 21.2. The number of hydrogen-bond donors (Lipinski definition) is 1. The van der Waals surface area contributed by atoms with Gasteiger partial charge < -0.3 is 15.0 Å². The van der Waals surface area contributed by atoms with E-state index in [0.717, 1.165) is 44.1 Å². The highest BCUT2D eigenvalue weighted by Gasteiger charge is 2.33. The van der Waals surface area contributed by atoms with Crippen molar-refractivity contribution in [2.45, 2.75) is 86.8 Å². The molecule has 2 heterocycles. The minimum absolute atomic E-state index is 0.368. The van der Waals surface area contributed by atoms with Crippen LogP contribution < -0.4 is 5.32 Å². The molecule has 4 nitrogen and oxygen atoms in total. The first kappa shape index (κ1) is 25.9. The van der Waals surface area contributed by atoms with E-state index in [9.17, 15) is 0 Å². The second-order valence-electron chi connectivity index (χ2n) is 10.5. The Balaban J connectivity index is 0.000000292. The highest BCUT2D eigenvalue weighted by molar-refractivity contribution is 4.85. The molecule has 1 N–H and O–H groups in total.